The smallest absolute Gasteiger partial charge is 0.307 e. The van der Waals surface area contributed by atoms with Crippen LogP contribution in [-0.2, 0) is 6.18 Å². The zero-order chi connectivity index (χ0) is 41.3. The van der Waals surface area contributed by atoms with Crippen LogP contribution >= 0.6 is 0 Å². The monoisotopic (exact) mass is 782 g/mol. The highest BCUT2D eigenvalue weighted by molar-refractivity contribution is 6.13. The Balaban J connectivity index is 1.33. The summed E-state index contributed by atoms with van der Waals surface area (Å²) in [6.45, 7) is 4.20. The van der Waals surface area contributed by atoms with E-state index < -0.39 is 11.7 Å². The van der Waals surface area contributed by atoms with E-state index in [2.05, 4.69) is 114 Å². The number of alkyl halides is 3. The molecule has 2 heterocycles. The molecule has 0 aliphatic rings. The Bertz CT molecular complexity index is 3480. The molecule has 0 saturated carbocycles. The number of hydrogen-bond acceptors (Lipinski definition) is 2. The second-order valence-electron chi connectivity index (χ2n) is 15.2. The molecule has 60 heavy (non-hydrogen) atoms. The number of fused-ring (bicyclic) bond motifs is 6. The highest BCUT2D eigenvalue weighted by Crippen LogP contribution is 2.43. The SMILES string of the molecule is Cc1ccccc1-c1ccc2c(c1)c1ccccc1n2-c1cc(C#N)c(-c2ccc(C(F)(F)F)cc2C#N)cc1-n1c2ccccc2c2cc(-c3ccccc3C)ccc21. The number of benzene rings is 8. The summed E-state index contributed by atoms with van der Waals surface area (Å²) >= 11 is 0. The molecule has 0 spiro atoms. The van der Waals surface area contributed by atoms with Crippen molar-refractivity contribution in [2.45, 2.75) is 20.0 Å². The standard InChI is InChI=1S/C53H33F3N4/c1-32-11-3-5-13-39(32)34-19-23-49-45(26-34)42-15-7-9-17-47(42)59(49)51-28-37(31-58)44(41-22-21-38(53(54,55)56)25-36(41)30-57)29-52(51)60-48-18-10-8-16-43(48)46-27-35(20-24-50(46)60)40-14-6-4-12-33(40)2/h3-29H,1-2H3. The summed E-state index contributed by atoms with van der Waals surface area (Å²) in [6, 6.07) is 56.9. The number of halogens is 3. The van der Waals surface area contributed by atoms with Gasteiger partial charge in [-0.25, -0.2) is 0 Å². The van der Waals surface area contributed by atoms with Gasteiger partial charge in [0.05, 0.1) is 62.3 Å². The van der Waals surface area contributed by atoms with E-state index >= 15 is 0 Å². The van der Waals surface area contributed by atoms with Gasteiger partial charge in [0.25, 0.3) is 0 Å². The van der Waals surface area contributed by atoms with E-state index in [9.17, 15) is 23.7 Å². The predicted molar refractivity (Wildman–Crippen MR) is 235 cm³/mol. The van der Waals surface area contributed by atoms with Crippen molar-refractivity contribution < 1.29 is 13.2 Å². The molecule has 2 aromatic heterocycles. The van der Waals surface area contributed by atoms with Crippen LogP contribution in [0.15, 0.2) is 164 Å². The van der Waals surface area contributed by atoms with Gasteiger partial charge in [-0.1, -0.05) is 103 Å². The van der Waals surface area contributed by atoms with Crippen molar-refractivity contribution in [2.75, 3.05) is 0 Å². The van der Waals surface area contributed by atoms with Crippen molar-refractivity contribution in [1.82, 2.24) is 9.13 Å². The van der Waals surface area contributed by atoms with Gasteiger partial charge in [-0.3, -0.25) is 0 Å². The Hall–Kier alpha value is -7.87. The number of para-hydroxylation sites is 2. The first-order valence-electron chi connectivity index (χ1n) is 19.5. The lowest BCUT2D eigenvalue weighted by atomic mass is 9.93. The van der Waals surface area contributed by atoms with Gasteiger partial charge in [-0.15, -0.1) is 0 Å². The van der Waals surface area contributed by atoms with Crippen LogP contribution in [0.25, 0.3) is 88.4 Å². The van der Waals surface area contributed by atoms with Crippen LogP contribution in [0, 0.1) is 36.5 Å². The molecule has 0 radical (unpaired) electrons. The third kappa shape index (κ3) is 5.74. The molecule has 0 aliphatic heterocycles. The van der Waals surface area contributed by atoms with Gasteiger partial charge in [0, 0.05) is 32.7 Å². The average molecular weight is 783 g/mol. The Labute approximate surface area is 343 Å². The maximum atomic E-state index is 13.9. The molecule has 0 atom stereocenters. The van der Waals surface area contributed by atoms with E-state index in [1.807, 2.05) is 66.7 Å². The topological polar surface area (TPSA) is 57.4 Å². The third-order valence-corrected chi connectivity index (χ3v) is 11.7. The van der Waals surface area contributed by atoms with Crippen molar-refractivity contribution in [3.63, 3.8) is 0 Å². The molecule has 7 heteroatoms. The Morgan fingerprint density at radius 3 is 1.37 bits per heavy atom. The minimum Gasteiger partial charge on any atom is -0.307 e. The highest BCUT2D eigenvalue weighted by atomic mass is 19.4. The van der Waals surface area contributed by atoms with Crippen molar-refractivity contribution in [2.24, 2.45) is 0 Å². The van der Waals surface area contributed by atoms with E-state index in [0.717, 1.165) is 89.1 Å². The fourth-order valence-electron chi connectivity index (χ4n) is 8.89. The van der Waals surface area contributed by atoms with Crippen LogP contribution < -0.4 is 0 Å². The summed E-state index contributed by atoms with van der Waals surface area (Å²) in [5.41, 5.74) is 11.5. The first kappa shape index (κ1) is 36.5. The first-order chi connectivity index (χ1) is 29.1. The number of nitrogens with zero attached hydrogens (tertiary/aromatic N) is 4. The molecule has 8 aromatic carbocycles. The molecule has 0 bridgehead atoms. The molecule has 286 valence electrons. The lowest BCUT2D eigenvalue weighted by molar-refractivity contribution is -0.137. The molecule has 0 aliphatic carbocycles. The van der Waals surface area contributed by atoms with Crippen molar-refractivity contribution in [1.29, 1.82) is 10.5 Å². The van der Waals surface area contributed by atoms with Crippen LogP contribution in [0.5, 0.6) is 0 Å². The second kappa shape index (κ2) is 13.9. The zero-order valence-corrected chi connectivity index (χ0v) is 32.5. The van der Waals surface area contributed by atoms with E-state index in [4.69, 9.17) is 0 Å². The van der Waals surface area contributed by atoms with Gasteiger partial charge in [0.15, 0.2) is 0 Å². The van der Waals surface area contributed by atoms with Gasteiger partial charge in [0.2, 0.25) is 0 Å². The van der Waals surface area contributed by atoms with Crippen LogP contribution in [0.3, 0.4) is 0 Å². The molecule has 0 fully saturated rings. The molecule has 4 nitrogen and oxygen atoms in total. The second-order valence-corrected chi connectivity index (χ2v) is 15.2. The van der Waals surface area contributed by atoms with Crippen LogP contribution in [-0.4, -0.2) is 9.13 Å². The lowest BCUT2D eigenvalue weighted by Gasteiger charge is -2.20. The molecule has 0 saturated heterocycles. The first-order valence-corrected chi connectivity index (χ1v) is 19.5. The van der Waals surface area contributed by atoms with Gasteiger partial charge < -0.3 is 9.13 Å². The predicted octanol–water partition coefficient (Wildman–Crippen LogP) is 14.3. The summed E-state index contributed by atoms with van der Waals surface area (Å²) < 4.78 is 46.1. The number of nitriles is 2. The summed E-state index contributed by atoms with van der Waals surface area (Å²) in [6.07, 6.45) is -4.65. The largest absolute Gasteiger partial charge is 0.416 e. The van der Waals surface area contributed by atoms with Gasteiger partial charge in [-0.05, 0) is 108 Å². The molecular weight excluding hydrogens is 750 g/mol. The number of aryl methyl sites for hydroxylation is 2. The van der Waals surface area contributed by atoms with E-state index in [-0.39, 0.29) is 16.7 Å². The van der Waals surface area contributed by atoms with Gasteiger partial charge >= 0.3 is 6.18 Å². The molecule has 10 rings (SSSR count). The summed E-state index contributed by atoms with van der Waals surface area (Å²) in [7, 11) is 0. The van der Waals surface area contributed by atoms with Gasteiger partial charge in [-0.2, -0.15) is 23.7 Å². The molecule has 0 N–H and O–H groups in total. The van der Waals surface area contributed by atoms with Crippen LogP contribution in [0.1, 0.15) is 27.8 Å². The zero-order valence-electron chi connectivity index (χ0n) is 32.5. The number of rotatable bonds is 5. The van der Waals surface area contributed by atoms with E-state index in [0.29, 0.717) is 16.9 Å². The highest BCUT2D eigenvalue weighted by Gasteiger charge is 2.32. The fraction of sp³-hybridized carbons (Fsp3) is 0.0566. The molecule has 0 amide bonds. The molecule has 10 aromatic rings. The Morgan fingerprint density at radius 2 is 0.867 bits per heavy atom. The average Bonchev–Trinajstić information content (AvgIpc) is 3.77. The van der Waals surface area contributed by atoms with Crippen molar-refractivity contribution in [3.05, 3.63) is 192 Å². The van der Waals surface area contributed by atoms with Crippen molar-refractivity contribution in [3.8, 4) is 56.9 Å². The molecule has 0 unspecified atom stereocenters. The normalized spacial score (nSPS) is 11.7. The number of hydrogen-bond donors (Lipinski definition) is 0. The van der Waals surface area contributed by atoms with E-state index in [1.54, 1.807) is 0 Å². The quantitative estimate of drug-likeness (QED) is 0.175. The summed E-state index contributed by atoms with van der Waals surface area (Å²) in [5, 5.41) is 25.2. The summed E-state index contributed by atoms with van der Waals surface area (Å²) in [4.78, 5) is 0. The molecular formula is C53H33F3N4. The number of aromatic nitrogens is 2. The maximum Gasteiger partial charge on any atom is 0.416 e. The fourth-order valence-corrected chi connectivity index (χ4v) is 8.89. The minimum atomic E-state index is -4.65. The lowest BCUT2D eigenvalue weighted by Crippen LogP contribution is -2.07. The minimum absolute atomic E-state index is 0.175. The summed E-state index contributed by atoms with van der Waals surface area (Å²) in [5.74, 6) is 0. The van der Waals surface area contributed by atoms with Crippen molar-refractivity contribution >= 4 is 43.6 Å². The van der Waals surface area contributed by atoms with Crippen LogP contribution in [0.2, 0.25) is 0 Å². The van der Waals surface area contributed by atoms with Crippen LogP contribution in [0.4, 0.5) is 13.2 Å². The maximum absolute atomic E-state index is 13.9. The third-order valence-electron chi connectivity index (χ3n) is 11.7. The Kier molecular flexibility index (Phi) is 8.45. The Morgan fingerprint density at radius 1 is 0.417 bits per heavy atom. The van der Waals surface area contributed by atoms with E-state index in [1.165, 1.54) is 6.07 Å². The van der Waals surface area contributed by atoms with Gasteiger partial charge in [0.1, 0.15) is 0 Å².